The molecule has 1 N–H and O–H groups in total. The molecule has 1 aromatic rings. The van der Waals surface area contributed by atoms with Gasteiger partial charge in [0.1, 0.15) is 0 Å². The third-order valence-electron chi connectivity index (χ3n) is 1.24. The topological polar surface area (TPSA) is 37.3 Å². The van der Waals surface area contributed by atoms with E-state index in [1.165, 1.54) is 0 Å². The minimum atomic E-state index is -1.95. The van der Waals surface area contributed by atoms with Gasteiger partial charge in [-0.05, 0) is 12.1 Å². The van der Waals surface area contributed by atoms with E-state index in [1.807, 2.05) is 0 Å². The van der Waals surface area contributed by atoms with Crippen molar-refractivity contribution >= 4 is 6.04 Å². The number of carbonyl (C=O) groups excluding carboxylic acids is 1. The summed E-state index contributed by atoms with van der Waals surface area (Å²) < 4.78 is 36.7. The van der Waals surface area contributed by atoms with Gasteiger partial charge in [-0.3, -0.25) is 4.79 Å². The number of hydrogen-bond donors (Lipinski definition) is 1. The van der Waals surface area contributed by atoms with Gasteiger partial charge in [0.2, 0.25) is 0 Å². The monoisotopic (exact) mass is 176 g/mol. The van der Waals surface area contributed by atoms with E-state index in [0.717, 1.165) is 0 Å². The molecular weight excluding hydrogens is 173 g/mol. The summed E-state index contributed by atoms with van der Waals surface area (Å²) in [7, 11) is 0. The first kappa shape index (κ1) is 8.58. The molecule has 0 amide bonds. The summed E-state index contributed by atoms with van der Waals surface area (Å²) in [6.07, 6.45) is 0. The Morgan fingerprint density at radius 2 is 1.67 bits per heavy atom. The van der Waals surface area contributed by atoms with Crippen LogP contribution >= 0.6 is 0 Å². The zero-order valence-electron chi connectivity index (χ0n) is 5.64. The second-order valence-corrected chi connectivity index (χ2v) is 2.06. The molecule has 0 saturated carbocycles. The summed E-state index contributed by atoms with van der Waals surface area (Å²) in [5.41, 5.74) is -0.761. The first-order valence-electron chi connectivity index (χ1n) is 2.90. The van der Waals surface area contributed by atoms with Crippen molar-refractivity contribution in [3.63, 3.8) is 0 Å². The van der Waals surface area contributed by atoms with Crippen LogP contribution in [-0.4, -0.2) is 11.1 Å². The van der Waals surface area contributed by atoms with Gasteiger partial charge in [-0.15, -0.1) is 0 Å². The van der Waals surface area contributed by atoms with Crippen molar-refractivity contribution in [2.45, 2.75) is 0 Å². The lowest BCUT2D eigenvalue weighted by molar-refractivity contribution is 0.0834. The molecular formula is C7H3F3O2. The summed E-state index contributed by atoms with van der Waals surface area (Å²) in [6.45, 7) is 0. The first-order chi connectivity index (χ1) is 5.52. The van der Waals surface area contributed by atoms with E-state index in [1.54, 1.807) is 0 Å². The van der Waals surface area contributed by atoms with Gasteiger partial charge in [0, 0.05) is 0 Å². The lowest BCUT2D eigenvalue weighted by Crippen LogP contribution is -1.93. The summed E-state index contributed by atoms with van der Waals surface area (Å²) in [4.78, 5) is 9.98. The summed E-state index contributed by atoms with van der Waals surface area (Å²) in [5.74, 6) is -3.95. The third-order valence-corrected chi connectivity index (χ3v) is 1.24. The van der Waals surface area contributed by atoms with E-state index in [0.29, 0.717) is 12.1 Å². The van der Waals surface area contributed by atoms with Crippen molar-refractivity contribution in [3.8, 4) is 5.75 Å². The highest BCUT2D eigenvalue weighted by Gasteiger charge is 2.13. The third kappa shape index (κ3) is 1.39. The fourth-order valence-electron chi connectivity index (χ4n) is 0.679. The van der Waals surface area contributed by atoms with Crippen LogP contribution in [-0.2, 0) is 0 Å². The van der Waals surface area contributed by atoms with Crippen molar-refractivity contribution < 1.29 is 23.1 Å². The standard InChI is InChI=1S/C7H3F3O2/c8-4-1-3(7(10)12)2-5(9)6(4)11/h1-2,11H. The van der Waals surface area contributed by atoms with Gasteiger partial charge < -0.3 is 5.11 Å². The Morgan fingerprint density at radius 3 is 2.00 bits per heavy atom. The Morgan fingerprint density at radius 1 is 1.25 bits per heavy atom. The normalized spacial score (nSPS) is 9.92. The number of carbonyl (C=O) groups is 1. The number of phenols is 1. The Hall–Kier alpha value is -1.52. The minimum absolute atomic E-state index is 0.417. The molecule has 0 fully saturated rings. The minimum Gasteiger partial charge on any atom is -0.503 e. The van der Waals surface area contributed by atoms with E-state index < -0.39 is 29.0 Å². The average Bonchev–Trinajstić information content (AvgIpc) is 1.99. The summed E-state index contributed by atoms with van der Waals surface area (Å²) in [6, 6.07) is -1.12. The maximum Gasteiger partial charge on any atom is 0.332 e. The van der Waals surface area contributed by atoms with E-state index in [4.69, 9.17) is 5.11 Å². The predicted octanol–water partition coefficient (Wildman–Crippen LogP) is 1.78. The highest BCUT2D eigenvalue weighted by Crippen LogP contribution is 2.21. The molecule has 1 aromatic carbocycles. The Balaban J connectivity index is 3.31. The van der Waals surface area contributed by atoms with Crippen molar-refractivity contribution in [2.75, 3.05) is 0 Å². The quantitative estimate of drug-likeness (QED) is 0.662. The number of aromatic hydroxyl groups is 1. The molecule has 0 aliphatic carbocycles. The molecule has 2 nitrogen and oxygen atoms in total. The van der Waals surface area contributed by atoms with Gasteiger partial charge in [0.05, 0.1) is 5.56 Å². The Kier molecular flexibility index (Phi) is 2.03. The number of hydrogen-bond acceptors (Lipinski definition) is 2. The summed E-state index contributed by atoms with van der Waals surface area (Å²) in [5, 5.41) is 8.53. The molecule has 64 valence electrons. The van der Waals surface area contributed by atoms with Crippen LogP contribution < -0.4 is 0 Å². The number of benzene rings is 1. The smallest absolute Gasteiger partial charge is 0.332 e. The molecule has 0 unspecified atom stereocenters. The Labute approximate surface area is 65.2 Å². The zero-order chi connectivity index (χ0) is 9.30. The molecule has 0 aromatic heterocycles. The highest BCUT2D eigenvalue weighted by molar-refractivity contribution is 5.88. The van der Waals surface area contributed by atoms with Crippen LogP contribution in [0.1, 0.15) is 10.4 Å². The summed E-state index contributed by atoms with van der Waals surface area (Å²) >= 11 is 0. The van der Waals surface area contributed by atoms with Crippen LogP contribution in [0.5, 0.6) is 5.75 Å². The predicted molar refractivity (Wildman–Crippen MR) is 33.5 cm³/mol. The van der Waals surface area contributed by atoms with Crippen molar-refractivity contribution in [2.24, 2.45) is 0 Å². The molecule has 0 heterocycles. The molecule has 0 aliphatic heterocycles. The number of phenolic OH excluding ortho intramolecular Hbond substituents is 1. The average molecular weight is 176 g/mol. The highest BCUT2D eigenvalue weighted by atomic mass is 19.1. The molecule has 1 rings (SSSR count). The maximum absolute atomic E-state index is 12.4. The van der Waals surface area contributed by atoms with E-state index in [-0.39, 0.29) is 0 Å². The van der Waals surface area contributed by atoms with Gasteiger partial charge in [-0.2, -0.15) is 4.39 Å². The molecule has 0 radical (unpaired) electrons. The van der Waals surface area contributed by atoms with E-state index in [9.17, 15) is 18.0 Å². The number of halogens is 3. The van der Waals surface area contributed by atoms with Crippen LogP contribution in [0.4, 0.5) is 13.2 Å². The SMILES string of the molecule is O=C(F)c1cc(F)c(O)c(F)c1. The fourth-order valence-corrected chi connectivity index (χ4v) is 0.679. The lowest BCUT2D eigenvalue weighted by atomic mass is 10.2. The van der Waals surface area contributed by atoms with Crippen LogP contribution in [0, 0.1) is 11.6 Å². The van der Waals surface area contributed by atoms with Gasteiger partial charge in [-0.1, -0.05) is 0 Å². The van der Waals surface area contributed by atoms with Gasteiger partial charge in [0.15, 0.2) is 17.4 Å². The van der Waals surface area contributed by atoms with E-state index >= 15 is 0 Å². The van der Waals surface area contributed by atoms with Crippen molar-refractivity contribution in [1.29, 1.82) is 0 Å². The van der Waals surface area contributed by atoms with Crippen molar-refractivity contribution in [3.05, 3.63) is 29.3 Å². The molecule has 0 bridgehead atoms. The largest absolute Gasteiger partial charge is 0.503 e. The maximum atomic E-state index is 12.4. The van der Waals surface area contributed by atoms with Crippen LogP contribution in [0.25, 0.3) is 0 Å². The Bertz CT molecular complexity index is 312. The zero-order valence-corrected chi connectivity index (χ0v) is 5.64. The number of rotatable bonds is 1. The van der Waals surface area contributed by atoms with Crippen molar-refractivity contribution in [1.82, 2.24) is 0 Å². The lowest BCUT2D eigenvalue weighted by Gasteiger charge is -1.97. The molecule has 12 heavy (non-hydrogen) atoms. The van der Waals surface area contributed by atoms with Crippen LogP contribution in [0.15, 0.2) is 12.1 Å². The first-order valence-corrected chi connectivity index (χ1v) is 2.90. The van der Waals surface area contributed by atoms with Crippen LogP contribution in [0.2, 0.25) is 0 Å². The molecule has 5 heteroatoms. The molecule has 0 atom stereocenters. The second-order valence-electron chi connectivity index (χ2n) is 2.06. The fraction of sp³-hybridized carbons (Fsp3) is 0. The van der Waals surface area contributed by atoms with Gasteiger partial charge in [0.25, 0.3) is 0 Å². The van der Waals surface area contributed by atoms with Crippen LogP contribution in [0.3, 0.4) is 0 Å². The van der Waals surface area contributed by atoms with Gasteiger partial charge >= 0.3 is 6.04 Å². The van der Waals surface area contributed by atoms with E-state index in [2.05, 4.69) is 0 Å². The molecule has 0 saturated heterocycles. The molecule has 0 aliphatic rings. The molecule has 0 spiro atoms. The van der Waals surface area contributed by atoms with Gasteiger partial charge in [-0.25, -0.2) is 8.78 Å². The second kappa shape index (κ2) is 2.84.